The van der Waals surface area contributed by atoms with Crippen molar-refractivity contribution < 1.29 is 4.79 Å². The van der Waals surface area contributed by atoms with Crippen LogP contribution in [-0.4, -0.2) is 26.7 Å². The van der Waals surface area contributed by atoms with E-state index in [0.717, 1.165) is 6.42 Å². The van der Waals surface area contributed by atoms with E-state index in [4.69, 9.17) is 0 Å². The van der Waals surface area contributed by atoms with Gasteiger partial charge in [0.1, 0.15) is 18.7 Å². The third kappa shape index (κ3) is 3.16. The highest BCUT2D eigenvalue weighted by atomic mass is 32.1. The Bertz CT molecular complexity index is 480. The van der Waals surface area contributed by atoms with E-state index in [1.165, 1.54) is 11.2 Å². The first-order valence-electron chi connectivity index (χ1n) is 5.83. The zero-order valence-corrected chi connectivity index (χ0v) is 11.2. The van der Waals surface area contributed by atoms with Crippen molar-refractivity contribution in [1.82, 2.24) is 20.1 Å². The van der Waals surface area contributed by atoms with Gasteiger partial charge in [-0.05, 0) is 25.3 Å². The Kier molecular flexibility index (Phi) is 4.09. The molecule has 0 bridgehead atoms. The van der Waals surface area contributed by atoms with Crippen LogP contribution < -0.4 is 5.32 Å². The Morgan fingerprint density at radius 3 is 3.00 bits per heavy atom. The SMILES string of the molecule is C[C@@H](Cc1cccs1)NC(=O)[C@H](C)n1cncn1. The molecule has 0 spiro atoms. The maximum Gasteiger partial charge on any atom is 0.244 e. The molecule has 18 heavy (non-hydrogen) atoms. The van der Waals surface area contributed by atoms with Crippen LogP contribution in [0.4, 0.5) is 0 Å². The van der Waals surface area contributed by atoms with E-state index in [2.05, 4.69) is 21.5 Å². The number of rotatable bonds is 5. The Labute approximate surface area is 110 Å². The zero-order chi connectivity index (χ0) is 13.0. The van der Waals surface area contributed by atoms with Crippen LogP contribution in [0.5, 0.6) is 0 Å². The lowest BCUT2D eigenvalue weighted by Gasteiger charge is -2.17. The van der Waals surface area contributed by atoms with Crippen LogP contribution in [-0.2, 0) is 11.2 Å². The summed E-state index contributed by atoms with van der Waals surface area (Å²) < 4.78 is 1.55. The van der Waals surface area contributed by atoms with Crippen molar-refractivity contribution in [3.05, 3.63) is 35.0 Å². The normalized spacial score (nSPS) is 14.1. The van der Waals surface area contributed by atoms with E-state index in [9.17, 15) is 4.79 Å². The minimum absolute atomic E-state index is 0.0374. The third-order valence-corrected chi connectivity index (χ3v) is 3.59. The van der Waals surface area contributed by atoms with Crippen LogP contribution in [0.3, 0.4) is 0 Å². The molecule has 0 saturated carbocycles. The zero-order valence-electron chi connectivity index (χ0n) is 10.4. The number of thiophene rings is 1. The van der Waals surface area contributed by atoms with E-state index in [-0.39, 0.29) is 18.0 Å². The highest BCUT2D eigenvalue weighted by Crippen LogP contribution is 2.11. The summed E-state index contributed by atoms with van der Waals surface area (Å²) in [5, 5.41) is 9.00. The first kappa shape index (κ1) is 12.8. The van der Waals surface area contributed by atoms with Crippen molar-refractivity contribution in [3.63, 3.8) is 0 Å². The lowest BCUT2D eigenvalue weighted by Crippen LogP contribution is -2.38. The average molecular weight is 264 g/mol. The number of aromatic nitrogens is 3. The second-order valence-electron chi connectivity index (χ2n) is 4.24. The van der Waals surface area contributed by atoms with Gasteiger partial charge in [0.25, 0.3) is 0 Å². The second kappa shape index (κ2) is 5.77. The van der Waals surface area contributed by atoms with Gasteiger partial charge in [0.2, 0.25) is 5.91 Å². The molecule has 0 fully saturated rings. The van der Waals surface area contributed by atoms with Gasteiger partial charge in [0.15, 0.2) is 0 Å². The van der Waals surface area contributed by atoms with Crippen molar-refractivity contribution in [2.24, 2.45) is 0 Å². The quantitative estimate of drug-likeness (QED) is 0.893. The van der Waals surface area contributed by atoms with Crippen LogP contribution in [0.2, 0.25) is 0 Å². The van der Waals surface area contributed by atoms with Crippen molar-refractivity contribution in [3.8, 4) is 0 Å². The minimum atomic E-state index is -0.335. The summed E-state index contributed by atoms with van der Waals surface area (Å²) in [4.78, 5) is 17.1. The fourth-order valence-electron chi connectivity index (χ4n) is 1.68. The lowest BCUT2D eigenvalue weighted by atomic mass is 10.2. The van der Waals surface area contributed by atoms with Gasteiger partial charge in [0, 0.05) is 17.3 Å². The molecule has 2 aromatic rings. The van der Waals surface area contributed by atoms with Crippen LogP contribution in [0.25, 0.3) is 0 Å². The lowest BCUT2D eigenvalue weighted by molar-refractivity contribution is -0.124. The smallest absolute Gasteiger partial charge is 0.244 e. The summed E-state index contributed by atoms with van der Waals surface area (Å²) >= 11 is 1.71. The monoisotopic (exact) mass is 264 g/mol. The Balaban J connectivity index is 1.87. The molecule has 96 valence electrons. The number of amides is 1. The molecule has 2 atom stereocenters. The molecule has 0 aliphatic heterocycles. The van der Waals surface area contributed by atoms with Crippen molar-refractivity contribution in [2.45, 2.75) is 32.4 Å². The fourth-order valence-corrected chi connectivity index (χ4v) is 2.52. The molecule has 0 aromatic carbocycles. The minimum Gasteiger partial charge on any atom is -0.351 e. The molecule has 0 saturated heterocycles. The van der Waals surface area contributed by atoms with E-state index in [1.54, 1.807) is 22.3 Å². The predicted octanol–water partition coefficient (Wildman–Crippen LogP) is 1.65. The van der Waals surface area contributed by atoms with Gasteiger partial charge in [-0.1, -0.05) is 6.07 Å². The molecular weight excluding hydrogens is 248 g/mol. The summed E-state index contributed by atoms with van der Waals surface area (Å²) in [5.41, 5.74) is 0. The largest absolute Gasteiger partial charge is 0.351 e. The second-order valence-corrected chi connectivity index (χ2v) is 5.28. The first-order chi connectivity index (χ1) is 8.66. The molecule has 0 unspecified atom stereocenters. The van der Waals surface area contributed by atoms with Gasteiger partial charge in [0.05, 0.1) is 0 Å². The van der Waals surface area contributed by atoms with E-state index in [0.29, 0.717) is 0 Å². The maximum atomic E-state index is 12.0. The molecule has 2 aromatic heterocycles. The van der Waals surface area contributed by atoms with Crippen molar-refractivity contribution in [2.75, 3.05) is 0 Å². The average Bonchev–Trinajstić information content (AvgIpc) is 2.99. The molecule has 0 radical (unpaired) electrons. The van der Waals surface area contributed by atoms with E-state index < -0.39 is 0 Å². The summed E-state index contributed by atoms with van der Waals surface area (Å²) in [7, 11) is 0. The Morgan fingerprint density at radius 1 is 1.56 bits per heavy atom. The highest BCUT2D eigenvalue weighted by molar-refractivity contribution is 7.09. The predicted molar refractivity (Wildman–Crippen MR) is 70.4 cm³/mol. The summed E-state index contributed by atoms with van der Waals surface area (Å²) in [6, 6.07) is 3.88. The summed E-state index contributed by atoms with van der Waals surface area (Å²) in [6.45, 7) is 3.81. The van der Waals surface area contributed by atoms with Gasteiger partial charge in [-0.3, -0.25) is 4.79 Å². The van der Waals surface area contributed by atoms with Gasteiger partial charge < -0.3 is 5.32 Å². The molecule has 1 N–H and O–H groups in total. The number of carbonyl (C=O) groups excluding carboxylic acids is 1. The third-order valence-electron chi connectivity index (χ3n) is 2.69. The molecule has 2 rings (SSSR count). The molecule has 5 nitrogen and oxygen atoms in total. The molecule has 0 aliphatic carbocycles. The van der Waals surface area contributed by atoms with Crippen molar-refractivity contribution >= 4 is 17.2 Å². The first-order valence-corrected chi connectivity index (χ1v) is 6.71. The van der Waals surface area contributed by atoms with Crippen LogP contribution in [0, 0.1) is 0 Å². The summed E-state index contributed by atoms with van der Waals surface area (Å²) in [5.74, 6) is -0.0374. The number of nitrogens with one attached hydrogen (secondary N) is 1. The number of hydrogen-bond acceptors (Lipinski definition) is 4. The maximum absolute atomic E-state index is 12.0. The van der Waals surface area contributed by atoms with E-state index >= 15 is 0 Å². The summed E-state index contributed by atoms with van der Waals surface area (Å²) in [6.07, 6.45) is 3.83. The Morgan fingerprint density at radius 2 is 2.39 bits per heavy atom. The molecule has 1 amide bonds. The fraction of sp³-hybridized carbons (Fsp3) is 0.417. The molecule has 2 heterocycles. The van der Waals surface area contributed by atoms with Gasteiger partial charge in [-0.15, -0.1) is 11.3 Å². The number of carbonyl (C=O) groups is 1. The topological polar surface area (TPSA) is 59.8 Å². The van der Waals surface area contributed by atoms with Gasteiger partial charge in [-0.2, -0.15) is 5.10 Å². The Hall–Kier alpha value is -1.69. The highest BCUT2D eigenvalue weighted by Gasteiger charge is 2.17. The molecule has 6 heteroatoms. The number of nitrogens with zero attached hydrogens (tertiary/aromatic N) is 3. The van der Waals surface area contributed by atoms with Crippen molar-refractivity contribution in [1.29, 1.82) is 0 Å². The number of hydrogen-bond donors (Lipinski definition) is 1. The van der Waals surface area contributed by atoms with Gasteiger partial charge >= 0.3 is 0 Å². The van der Waals surface area contributed by atoms with Gasteiger partial charge in [-0.25, -0.2) is 9.67 Å². The van der Waals surface area contributed by atoms with E-state index in [1.807, 2.05) is 25.3 Å². The van der Waals surface area contributed by atoms with Crippen LogP contribution >= 0.6 is 11.3 Å². The van der Waals surface area contributed by atoms with Crippen LogP contribution in [0.15, 0.2) is 30.2 Å². The molecule has 0 aliphatic rings. The van der Waals surface area contributed by atoms with Crippen LogP contribution in [0.1, 0.15) is 24.8 Å². The standard InChI is InChI=1S/C12H16N4OS/c1-9(6-11-4-3-5-18-11)15-12(17)10(2)16-8-13-7-14-16/h3-5,7-10H,6H2,1-2H3,(H,15,17)/t9-,10-/m0/s1. The molecular formula is C12H16N4OS.